The molecule has 5 heteroatoms. The first-order valence-corrected chi connectivity index (χ1v) is 8.98. The summed E-state index contributed by atoms with van der Waals surface area (Å²) in [5.74, 6) is -0.126. The standard InChI is InChI=1S/C21H22FN3O/c22-18-6-3-4-16(12-18)14-25-11-10-24(9-8-21(25)26)15-19-13-17-5-1-2-7-20(17)23-19/h1-7,12-13,23H,8-11,14-15H2. The van der Waals surface area contributed by atoms with Crippen LogP contribution in [0.1, 0.15) is 17.7 Å². The van der Waals surface area contributed by atoms with Crippen molar-refractivity contribution in [1.82, 2.24) is 14.8 Å². The van der Waals surface area contributed by atoms with Gasteiger partial charge in [0.1, 0.15) is 5.82 Å². The summed E-state index contributed by atoms with van der Waals surface area (Å²) in [4.78, 5) is 20.0. The second-order valence-electron chi connectivity index (χ2n) is 6.85. The van der Waals surface area contributed by atoms with Crippen molar-refractivity contribution in [2.45, 2.75) is 19.5 Å². The molecule has 3 aromatic rings. The summed E-state index contributed by atoms with van der Waals surface area (Å²) >= 11 is 0. The number of carbonyl (C=O) groups excluding carboxylic acids is 1. The van der Waals surface area contributed by atoms with Gasteiger partial charge < -0.3 is 9.88 Å². The highest BCUT2D eigenvalue weighted by Crippen LogP contribution is 2.17. The van der Waals surface area contributed by atoms with E-state index >= 15 is 0 Å². The van der Waals surface area contributed by atoms with Crippen molar-refractivity contribution in [2.75, 3.05) is 19.6 Å². The van der Waals surface area contributed by atoms with Crippen LogP contribution >= 0.6 is 0 Å². The van der Waals surface area contributed by atoms with Crippen LogP contribution in [-0.4, -0.2) is 40.3 Å². The zero-order valence-corrected chi connectivity index (χ0v) is 14.6. The summed E-state index contributed by atoms with van der Waals surface area (Å²) < 4.78 is 13.4. The number of halogens is 1. The summed E-state index contributed by atoms with van der Waals surface area (Å²) in [6.07, 6.45) is 0.496. The fraction of sp³-hybridized carbons (Fsp3) is 0.286. The number of nitrogens with one attached hydrogen (secondary N) is 1. The second kappa shape index (κ2) is 7.30. The Morgan fingerprint density at radius 2 is 1.85 bits per heavy atom. The number of fused-ring (bicyclic) bond motifs is 1. The maximum Gasteiger partial charge on any atom is 0.224 e. The van der Waals surface area contributed by atoms with E-state index in [1.807, 2.05) is 23.1 Å². The van der Waals surface area contributed by atoms with Crippen molar-refractivity contribution in [3.63, 3.8) is 0 Å². The number of carbonyl (C=O) groups is 1. The monoisotopic (exact) mass is 351 g/mol. The molecule has 1 amide bonds. The summed E-state index contributed by atoms with van der Waals surface area (Å²) in [7, 11) is 0. The molecule has 4 nitrogen and oxygen atoms in total. The van der Waals surface area contributed by atoms with Gasteiger partial charge in [0, 0.05) is 50.4 Å². The maximum atomic E-state index is 13.4. The van der Waals surface area contributed by atoms with Crippen molar-refractivity contribution in [1.29, 1.82) is 0 Å². The summed E-state index contributed by atoms with van der Waals surface area (Å²) in [5, 5.41) is 1.21. The van der Waals surface area contributed by atoms with Gasteiger partial charge in [0.15, 0.2) is 0 Å². The predicted octanol–water partition coefficient (Wildman–Crippen LogP) is 3.54. The Labute approximate surface area is 152 Å². The lowest BCUT2D eigenvalue weighted by atomic mass is 10.2. The Morgan fingerprint density at radius 3 is 2.69 bits per heavy atom. The first-order chi connectivity index (χ1) is 12.7. The van der Waals surface area contributed by atoms with Crippen LogP contribution in [0.2, 0.25) is 0 Å². The van der Waals surface area contributed by atoms with E-state index in [-0.39, 0.29) is 11.7 Å². The zero-order valence-electron chi connectivity index (χ0n) is 14.6. The van der Waals surface area contributed by atoms with E-state index in [9.17, 15) is 9.18 Å². The van der Waals surface area contributed by atoms with E-state index in [2.05, 4.69) is 28.1 Å². The van der Waals surface area contributed by atoms with Crippen LogP contribution in [-0.2, 0) is 17.9 Å². The number of nitrogens with zero attached hydrogens (tertiary/aromatic N) is 2. The molecule has 0 spiro atoms. The minimum atomic E-state index is -0.259. The van der Waals surface area contributed by atoms with Crippen molar-refractivity contribution >= 4 is 16.8 Å². The molecule has 1 saturated heterocycles. The molecule has 1 aliphatic rings. The van der Waals surface area contributed by atoms with Crippen LogP contribution in [0.25, 0.3) is 10.9 Å². The molecule has 1 N–H and O–H groups in total. The minimum Gasteiger partial charge on any atom is -0.357 e. The number of aromatic nitrogens is 1. The lowest BCUT2D eigenvalue weighted by Gasteiger charge is -2.22. The summed E-state index contributed by atoms with van der Waals surface area (Å²) in [6.45, 7) is 3.49. The molecule has 1 aliphatic heterocycles. The van der Waals surface area contributed by atoms with Gasteiger partial charge in [-0.15, -0.1) is 0 Å². The molecular formula is C21H22FN3O. The Bertz CT molecular complexity index is 887. The van der Waals surface area contributed by atoms with Gasteiger partial charge in [-0.05, 0) is 35.2 Å². The van der Waals surface area contributed by atoms with Crippen molar-refractivity contribution in [3.8, 4) is 0 Å². The van der Waals surface area contributed by atoms with Gasteiger partial charge in [-0.25, -0.2) is 4.39 Å². The van der Waals surface area contributed by atoms with Crippen molar-refractivity contribution in [2.24, 2.45) is 0 Å². The van der Waals surface area contributed by atoms with Gasteiger partial charge in [-0.1, -0.05) is 30.3 Å². The molecule has 26 heavy (non-hydrogen) atoms. The average Bonchev–Trinajstić information content (AvgIpc) is 2.96. The van der Waals surface area contributed by atoms with Crippen LogP contribution in [0, 0.1) is 5.82 Å². The van der Waals surface area contributed by atoms with Crippen LogP contribution in [0.15, 0.2) is 54.6 Å². The molecule has 1 fully saturated rings. The predicted molar refractivity (Wildman–Crippen MR) is 100 cm³/mol. The minimum absolute atomic E-state index is 0.133. The fourth-order valence-electron chi connectivity index (χ4n) is 3.55. The molecule has 134 valence electrons. The van der Waals surface area contributed by atoms with E-state index in [0.29, 0.717) is 19.5 Å². The third kappa shape index (κ3) is 3.78. The van der Waals surface area contributed by atoms with E-state index in [1.54, 1.807) is 6.07 Å². The molecule has 4 rings (SSSR count). The van der Waals surface area contributed by atoms with E-state index < -0.39 is 0 Å². The number of rotatable bonds is 4. The summed E-state index contributed by atoms with van der Waals surface area (Å²) in [5.41, 5.74) is 3.14. The molecule has 0 radical (unpaired) electrons. The van der Waals surface area contributed by atoms with Crippen LogP contribution in [0.3, 0.4) is 0 Å². The number of amides is 1. The Kier molecular flexibility index (Phi) is 4.71. The van der Waals surface area contributed by atoms with Crippen molar-refractivity contribution in [3.05, 3.63) is 71.7 Å². The molecule has 0 atom stereocenters. The van der Waals surface area contributed by atoms with Crippen LogP contribution in [0.4, 0.5) is 4.39 Å². The highest BCUT2D eigenvalue weighted by Gasteiger charge is 2.21. The van der Waals surface area contributed by atoms with E-state index in [4.69, 9.17) is 0 Å². The van der Waals surface area contributed by atoms with Crippen LogP contribution in [0.5, 0.6) is 0 Å². The second-order valence-corrected chi connectivity index (χ2v) is 6.85. The highest BCUT2D eigenvalue weighted by molar-refractivity contribution is 5.80. The van der Waals surface area contributed by atoms with Gasteiger partial charge in [0.25, 0.3) is 0 Å². The van der Waals surface area contributed by atoms with Crippen LogP contribution < -0.4 is 0 Å². The van der Waals surface area contributed by atoms with Gasteiger partial charge >= 0.3 is 0 Å². The highest BCUT2D eigenvalue weighted by atomic mass is 19.1. The van der Waals surface area contributed by atoms with E-state index in [0.717, 1.165) is 36.4 Å². The number of para-hydroxylation sites is 1. The normalized spacial score (nSPS) is 16.2. The number of benzene rings is 2. The third-order valence-electron chi connectivity index (χ3n) is 4.92. The Morgan fingerprint density at radius 1 is 0.962 bits per heavy atom. The molecule has 0 aliphatic carbocycles. The first kappa shape index (κ1) is 16.8. The van der Waals surface area contributed by atoms with Gasteiger partial charge in [0.2, 0.25) is 5.91 Å². The quantitative estimate of drug-likeness (QED) is 0.781. The number of H-pyrrole nitrogens is 1. The molecule has 2 heterocycles. The lowest BCUT2D eigenvalue weighted by Crippen LogP contribution is -2.32. The topological polar surface area (TPSA) is 39.3 Å². The van der Waals surface area contributed by atoms with E-state index in [1.165, 1.54) is 17.5 Å². The SMILES string of the molecule is O=C1CCN(Cc2cc3ccccc3[nH]2)CCN1Cc1cccc(F)c1. The number of hydrogen-bond acceptors (Lipinski definition) is 2. The van der Waals surface area contributed by atoms with Gasteiger partial charge in [0.05, 0.1) is 0 Å². The molecule has 1 aromatic heterocycles. The summed E-state index contributed by atoms with van der Waals surface area (Å²) in [6, 6.07) is 16.9. The molecule has 0 unspecified atom stereocenters. The smallest absolute Gasteiger partial charge is 0.224 e. The fourth-order valence-corrected chi connectivity index (χ4v) is 3.55. The largest absolute Gasteiger partial charge is 0.357 e. The molecule has 0 saturated carbocycles. The third-order valence-corrected chi connectivity index (χ3v) is 4.92. The Hall–Kier alpha value is -2.66. The molecule has 2 aromatic carbocycles. The number of aromatic amines is 1. The average molecular weight is 351 g/mol. The zero-order chi connectivity index (χ0) is 17.9. The van der Waals surface area contributed by atoms with Crippen molar-refractivity contribution < 1.29 is 9.18 Å². The lowest BCUT2D eigenvalue weighted by molar-refractivity contribution is -0.130. The maximum absolute atomic E-state index is 13.4. The van der Waals surface area contributed by atoms with Gasteiger partial charge in [-0.3, -0.25) is 9.69 Å². The Balaban J connectivity index is 1.41. The molecule has 0 bridgehead atoms. The van der Waals surface area contributed by atoms with Gasteiger partial charge in [-0.2, -0.15) is 0 Å². The molecular weight excluding hydrogens is 329 g/mol. The first-order valence-electron chi connectivity index (χ1n) is 8.98. The number of hydrogen-bond donors (Lipinski definition) is 1.